The molecular weight excluding hydrogens is 321 g/mol. The van der Waals surface area contributed by atoms with Gasteiger partial charge in [0.25, 0.3) is 5.91 Å². The summed E-state index contributed by atoms with van der Waals surface area (Å²) in [6.45, 7) is 2.97. The lowest BCUT2D eigenvalue weighted by Crippen LogP contribution is -2.51. The summed E-state index contributed by atoms with van der Waals surface area (Å²) < 4.78 is 23.7. The van der Waals surface area contributed by atoms with E-state index < -0.39 is 12.0 Å². The van der Waals surface area contributed by atoms with Crippen LogP contribution in [0.3, 0.4) is 0 Å². The number of ether oxygens (including phenoxy) is 2. The first-order chi connectivity index (χ1) is 11.0. The first-order valence-electron chi connectivity index (χ1n) is 7.42. The van der Waals surface area contributed by atoms with E-state index in [9.17, 15) is 9.18 Å². The first kappa shape index (κ1) is 17.4. The molecule has 0 spiro atoms. The Hall–Kier alpha value is -1.93. The number of carbonyl (C=O) groups is 1. The highest BCUT2D eigenvalue weighted by Gasteiger charge is 2.17. The summed E-state index contributed by atoms with van der Waals surface area (Å²) in [7, 11) is 0. The van der Waals surface area contributed by atoms with Gasteiger partial charge in [0.1, 0.15) is 11.6 Å². The second-order valence-corrected chi connectivity index (χ2v) is 5.58. The van der Waals surface area contributed by atoms with Crippen molar-refractivity contribution in [1.82, 2.24) is 16.2 Å². The number of nitrogens with one attached hydrogen (secondary N) is 3. The standard InChI is InChI=1S/C15H20FN3O3S/c1-10(22-12-6-4-11(16)5-7-12)14(20)18-19-15(23)17-9-13-3-2-8-21-13/h4-7,10,13H,2-3,8-9H2,1H3,(H,18,20)(H2,17,19,23)/t10-,13+/m0/s1. The third-order valence-electron chi connectivity index (χ3n) is 3.31. The van der Waals surface area contributed by atoms with E-state index in [1.165, 1.54) is 24.3 Å². The fourth-order valence-corrected chi connectivity index (χ4v) is 2.18. The first-order valence-corrected chi connectivity index (χ1v) is 7.83. The molecule has 0 bridgehead atoms. The lowest BCUT2D eigenvalue weighted by molar-refractivity contribution is -0.127. The van der Waals surface area contributed by atoms with Crippen LogP contribution in [0, 0.1) is 5.82 Å². The zero-order chi connectivity index (χ0) is 16.7. The molecule has 2 rings (SSSR count). The van der Waals surface area contributed by atoms with Gasteiger partial charge in [0, 0.05) is 13.2 Å². The topological polar surface area (TPSA) is 71.6 Å². The smallest absolute Gasteiger partial charge is 0.279 e. The summed E-state index contributed by atoms with van der Waals surface area (Å²) in [5.74, 6) is -0.345. The molecule has 3 N–H and O–H groups in total. The minimum absolute atomic E-state index is 0.159. The lowest BCUT2D eigenvalue weighted by Gasteiger charge is -2.17. The number of amides is 1. The van der Waals surface area contributed by atoms with Crippen LogP contribution < -0.4 is 20.9 Å². The molecule has 126 valence electrons. The van der Waals surface area contributed by atoms with Crippen LogP contribution in [0.4, 0.5) is 4.39 Å². The van der Waals surface area contributed by atoms with Crippen molar-refractivity contribution in [2.45, 2.75) is 32.0 Å². The molecule has 2 atom stereocenters. The van der Waals surface area contributed by atoms with E-state index in [4.69, 9.17) is 21.7 Å². The van der Waals surface area contributed by atoms with Gasteiger partial charge in [0.2, 0.25) is 0 Å². The van der Waals surface area contributed by atoms with E-state index in [-0.39, 0.29) is 11.9 Å². The number of hydrogen-bond donors (Lipinski definition) is 3. The van der Waals surface area contributed by atoms with Gasteiger partial charge >= 0.3 is 0 Å². The minimum Gasteiger partial charge on any atom is -0.481 e. The molecule has 1 saturated heterocycles. The van der Waals surface area contributed by atoms with Crippen LogP contribution in [0.1, 0.15) is 19.8 Å². The highest BCUT2D eigenvalue weighted by molar-refractivity contribution is 7.80. The van der Waals surface area contributed by atoms with Crippen molar-refractivity contribution in [3.8, 4) is 5.75 Å². The number of rotatable bonds is 5. The highest BCUT2D eigenvalue weighted by atomic mass is 32.1. The molecule has 1 fully saturated rings. The van der Waals surface area contributed by atoms with Crippen LogP contribution in [0.2, 0.25) is 0 Å². The molecular formula is C15H20FN3O3S. The van der Waals surface area contributed by atoms with Crippen LogP contribution in [-0.2, 0) is 9.53 Å². The van der Waals surface area contributed by atoms with Gasteiger partial charge in [-0.2, -0.15) is 0 Å². The number of carbonyl (C=O) groups excluding carboxylic acids is 1. The Balaban J connectivity index is 1.66. The van der Waals surface area contributed by atoms with Crippen LogP contribution in [-0.4, -0.2) is 36.4 Å². The Labute approximate surface area is 139 Å². The van der Waals surface area contributed by atoms with E-state index in [1.807, 2.05) is 0 Å². The van der Waals surface area contributed by atoms with Gasteiger partial charge in [0.05, 0.1) is 6.10 Å². The quantitative estimate of drug-likeness (QED) is 0.553. The fourth-order valence-electron chi connectivity index (χ4n) is 2.05. The van der Waals surface area contributed by atoms with Crippen LogP contribution in [0.25, 0.3) is 0 Å². The number of thiocarbonyl (C=S) groups is 1. The zero-order valence-electron chi connectivity index (χ0n) is 12.8. The summed E-state index contributed by atoms with van der Waals surface area (Å²) in [6, 6.07) is 5.45. The van der Waals surface area contributed by atoms with Crippen molar-refractivity contribution in [2.24, 2.45) is 0 Å². The van der Waals surface area contributed by atoms with Crippen molar-refractivity contribution < 1.29 is 18.7 Å². The van der Waals surface area contributed by atoms with E-state index in [0.717, 1.165) is 19.4 Å². The summed E-state index contributed by atoms with van der Waals surface area (Å²) >= 11 is 5.06. The number of halogens is 1. The van der Waals surface area contributed by atoms with Crippen molar-refractivity contribution in [3.63, 3.8) is 0 Å². The second-order valence-electron chi connectivity index (χ2n) is 5.17. The third-order valence-corrected chi connectivity index (χ3v) is 3.56. The maximum Gasteiger partial charge on any atom is 0.279 e. The molecule has 1 aromatic carbocycles. The second kappa shape index (κ2) is 8.64. The number of hydrazine groups is 1. The van der Waals surface area contributed by atoms with Gasteiger partial charge in [-0.15, -0.1) is 0 Å². The average molecular weight is 341 g/mol. The van der Waals surface area contributed by atoms with Crippen molar-refractivity contribution in [3.05, 3.63) is 30.1 Å². The largest absolute Gasteiger partial charge is 0.481 e. The Kier molecular flexibility index (Phi) is 6.54. The molecule has 1 aromatic rings. The maximum absolute atomic E-state index is 12.8. The molecule has 1 amide bonds. The van der Waals surface area contributed by atoms with Gasteiger partial charge in [-0.25, -0.2) is 4.39 Å². The third kappa shape index (κ3) is 5.99. The predicted molar refractivity (Wildman–Crippen MR) is 87.3 cm³/mol. The monoisotopic (exact) mass is 341 g/mol. The van der Waals surface area contributed by atoms with E-state index in [1.54, 1.807) is 6.92 Å². The Morgan fingerprint density at radius 3 is 2.83 bits per heavy atom. The van der Waals surface area contributed by atoms with E-state index >= 15 is 0 Å². The molecule has 0 aromatic heterocycles. The molecule has 0 aliphatic carbocycles. The van der Waals surface area contributed by atoms with Gasteiger partial charge in [-0.1, -0.05) is 0 Å². The summed E-state index contributed by atoms with van der Waals surface area (Å²) in [6.07, 6.45) is 1.46. The van der Waals surface area contributed by atoms with Gasteiger partial charge in [0.15, 0.2) is 11.2 Å². The molecule has 1 aliphatic rings. The Morgan fingerprint density at radius 2 is 2.17 bits per heavy atom. The molecule has 1 aliphatic heterocycles. The highest BCUT2D eigenvalue weighted by Crippen LogP contribution is 2.13. The average Bonchev–Trinajstić information content (AvgIpc) is 3.06. The summed E-state index contributed by atoms with van der Waals surface area (Å²) in [5, 5.41) is 3.28. The molecule has 0 saturated carbocycles. The van der Waals surface area contributed by atoms with Gasteiger partial charge < -0.3 is 14.8 Å². The van der Waals surface area contributed by atoms with Crippen molar-refractivity contribution in [1.29, 1.82) is 0 Å². The van der Waals surface area contributed by atoms with Gasteiger partial charge in [-0.05, 0) is 56.2 Å². The predicted octanol–water partition coefficient (Wildman–Crippen LogP) is 1.27. The molecule has 0 unspecified atom stereocenters. The number of benzene rings is 1. The molecule has 23 heavy (non-hydrogen) atoms. The number of hydrogen-bond acceptors (Lipinski definition) is 4. The van der Waals surface area contributed by atoms with Crippen molar-refractivity contribution >= 4 is 23.2 Å². The maximum atomic E-state index is 12.8. The SMILES string of the molecule is C[C@H](Oc1ccc(F)cc1)C(=O)NNC(=S)NC[C@H]1CCCO1. The molecule has 8 heteroatoms. The molecule has 0 radical (unpaired) electrons. The summed E-state index contributed by atoms with van der Waals surface area (Å²) in [4.78, 5) is 11.9. The Morgan fingerprint density at radius 1 is 1.43 bits per heavy atom. The lowest BCUT2D eigenvalue weighted by atomic mass is 10.2. The molecule has 1 heterocycles. The normalized spacial score (nSPS) is 18.1. The van der Waals surface area contributed by atoms with Crippen molar-refractivity contribution in [2.75, 3.05) is 13.2 Å². The minimum atomic E-state index is -0.756. The summed E-state index contributed by atoms with van der Waals surface area (Å²) in [5.41, 5.74) is 5.06. The van der Waals surface area contributed by atoms with E-state index in [0.29, 0.717) is 17.4 Å². The van der Waals surface area contributed by atoms with E-state index in [2.05, 4.69) is 16.2 Å². The molecule has 6 nitrogen and oxygen atoms in total. The van der Waals surface area contributed by atoms with Crippen LogP contribution in [0.5, 0.6) is 5.75 Å². The van der Waals surface area contributed by atoms with Crippen LogP contribution in [0.15, 0.2) is 24.3 Å². The van der Waals surface area contributed by atoms with Gasteiger partial charge in [-0.3, -0.25) is 15.6 Å². The Bertz CT molecular complexity index is 535. The van der Waals surface area contributed by atoms with Crippen LogP contribution >= 0.6 is 12.2 Å². The fraction of sp³-hybridized carbons (Fsp3) is 0.467. The zero-order valence-corrected chi connectivity index (χ0v) is 13.6.